The standard InChI is InChI=1S/C12H24INO3S/c1-8(14(5)18(16)12(2,3)4)10-7-6-9(13)11(15)17-10/h8-11,15H,6-7H2,1-5H3/t8?,9?,10-,11?,18?/m0/s1. The van der Waals surface area contributed by atoms with Crippen LogP contribution in [-0.2, 0) is 16.1 Å². The normalized spacial score (nSPS) is 33.5. The first-order valence-electron chi connectivity index (χ1n) is 6.27. The second-order valence-electron chi connectivity index (χ2n) is 5.81. The first-order chi connectivity index (χ1) is 8.14. The van der Waals surface area contributed by atoms with Gasteiger partial charge in [-0.1, -0.05) is 22.6 Å². The lowest BCUT2D eigenvalue weighted by molar-refractivity contribution is -0.166. The second-order valence-corrected chi connectivity index (χ2v) is 9.71. The zero-order valence-corrected chi connectivity index (χ0v) is 14.7. The van der Waals surface area contributed by atoms with Crippen molar-refractivity contribution in [1.82, 2.24) is 4.31 Å². The molecule has 18 heavy (non-hydrogen) atoms. The third-order valence-corrected chi connectivity index (χ3v) is 6.39. The zero-order valence-electron chi connectivity index (χ0n) is 11.7. The predicted octanol–water partition coefficient (Wildman–Crippen LogP) is 2.07. The van der Waals surface area contributed by atoms with Gasteiger partial charge in [0.1, 0.15) is 4.75 Å². The van der Waals surface area contributed by atoms with Crippen molar-refractivity contribution in [3.8, 4) is 0 Å². The van der Waals surface area contributed by atoms with E-state index in [1.54, 1.807) is 0 Å². The molecule has 1 N–H and O–H groups in total. The van der Waals surface area contributed by atoms with Crippen molar-refractivity contribution in [3.05, 3.63) is 0 Å². The van der Waals surface area contributed by atoms with Gasteiger partial charge in [-0.05, 0) is 40.5 Å². The summed E-state index contributed by atoms with van der Waals surface area (Å²) in [5.41, 5.74) is 0. The molecule has 5 atom stereocenters. The third kappa shape index (κ3) is 4.21. The van der Waals surface area contributed by atoms with E-state index in [0.717, 1.165) is 12.8 Å². The molecular formula is C12H24INO3S. The lowest BCUT2D eigenvalue weighted by Gasteiger charge is -2.39. The Balaban J connectivity index is 2.61. The Morgan fingerprint density at radius 2 is 2.00 bits per heavy atom. The van der Waals surface area contributed by atoms with Gasteiger partial charge in [-0.25, -0.2) is 0 Å². The number of hydrogen-bond acceptors (Lipinski definition) is 4. The molecule has 1 fully saturated rings. The molecule has 1 aliphatic heterocycles. The Kier molecular flexibility index (Phi) is 6.21. The Hall–Kier alpha value is 0.920. The van der Waals surface area contributed by atoms with Crippen LogP contribution >= 0.6 is 22.6 Å². The first kappa shape index (κ1) is 17.0. The highest BCUT2D eigenvalue weighted by Crippen LogP contribution is 2.29. The fourth-order valence-electron chi connectivity index (χ4n) is 1.97. The predicted molar refractivity (Wildman–Crippen MR) is 83.0 cm³/mol. The molecule has 1 saturated heterocycles. The number of hydrogen-bond donors (Lipinski definition) is 1. The van der Waals surface area contributed by atoms with Crippen LogP contribution in [0.4, 0.5) is 0 Å². The Morgan fingerprint density at radius 3 is 2.44 bits per heavy atom. The van der Waals surface area contributed by atoms with Gasteiger partial charge in [0.25, 0.3) is 0 Å². The fourth-order valence-corrected chi connectivity index (χ4v) is 3.80. The molecule has 108 valence electrons. The maximum atomic E-state index is 12.3. The van der Waals surface area contributed by atoms with E-state index in [-0.39, 0.29) is 20.8 Å². The molecule has 0 bridgehead atoms. The number of nitrogens with zero attached hydrogens (tertiary/aromatic N) is 1. The lowest BCUT2D eigenvalue weighted by Crippen LogP contribution is -2.52. The molecule has 1 aliphatic rings. The van der Waals surface area contributed by atoms with Gasteiger partial charge in [-0.2, -0.15) is 0 Å². The van der Waals surface area contributed by atoms with Crippen LogP contribution in [0.15, 0.2) is 0 Å². The number of rotatable bonds is 3. The summed E-state index contributed by atoms with van der Waals surface area (Å²) in [5.74, 6) is 0. The minimum Gasteiger partial charge on any atom is -0.597 e. The smallest absolute Gasteiger partial charge is 0.166 e. The van der Waals surface area contributed by atoms with Gasteiger partial charge in [0.05, 0.1) is 16.1 Å². The molecule has 0 radical (unpaired) electrons. The van der Waals surface area contributed by atoms with Crippen LogP contribution in [0.2, 0.25) is 0 Å². The summed E-state index contributed by atoms with van der Waals surface area (Å²) in [4.78, 5) is 0. The Morgan fingerprint density at radius 1 is 1.44 bits per heavy atom. The Bertz CT molecular complexity index is 275. The summed E-state index contributed by atoms with van der Waals surface area (Å²) in [5, 5.41) is 9.75. The van der Waals surface area contributed by atoms with Crippen molar-refractivity contribution < 1.29 is 14.4 Å². The highest BCUT2D eigenvalue weighted by molar-refractivity contribution is 14.1. The van der Waals surface area contributed by atoms with Crippen molar-refractivity contribution in [1.29, 1.82) is 0 Å². The van der Waals surface area contributed by atoms with Gasteiger partial charge in [-0.3, -0.25) is 0 Å². The first-order valence-corrected chi connectivity index (χ1v) is 8.62. The molecule has 6 heteroatoms. The van der Waals surface area contributed by atoms with Crippen LogP contribution in [-0.4, -0.2) is 48.1 Å². The third-order valence-electron chi connectivity index (χ3n) is 3.25. The summed E-state index contributed by atoms with van der Waals surface area (Å²) in [6.07, 6.45) is 1.08. The molecular weight excluding hydrogens is 365 g/mol. The maximum absolute atomic E-state index is 12.3. The fraction of sp³-hybridized carbons (Fsp3) is 1.00. The molecule has 4 nitrogen and oxygen atoms in total. The van der Waals surface area contributed by atoms with E-state index in [0.29, 0.717) is 0 Å². The molecule has 0 aromatic carbocycles. The number of halogens is 1. The van der Waals surface area contributed by atoms with Crippen LogP contribution in [0.5, 0.6) is 0 Å². The summed E-state index contributed by atoms with van der Waals surface area (Å²) in [6.45, 7) is 7.89. The van der Waals surface area contributed by atoms with Gasteiger partial charge in [0.15, 0.2) is 6.29 Å². The quantitative estimate of drug-likeness (QED) is 0.456. The van der Waals surface area contributed by atoms with Crippen molar-refractivity contribution in [3.63, 3.8) is 0 Å². The van der Waals surface area contributed by atoms with Crippen LogP contribution in [0.1, 0.15) is 40.5 Å². The molecule has 1 heterocycles. The molecule has 0 saturated carbocycles. The second kappa shape index (κ2) is 6.58. The van der Waals surface area contributed by atoms with Crippen LogP contribution in [0.25, 0.3) is 0 Å². The monoisotopic (exact) mass is 389 g/mol. The topological polar surface area (TPSA) is 55.8 Å². The number of likely N-dealkylation sites (N-methyl/N-ethyl adjacent to an activating group) is 1. The van der Waals surface area contributed by atoms with Crippen molar-refractivity contribution in [2.75, 3.05) is 7.05 Å². The number of alkyl halides is 1. The highest BCUT2D eigenvalue weighted by atomic mass is 127. The molecule has 0 amide bonds. The van der Waals surface area contributed by atoms with Gasteiger partial charge in [0.2, 0.25) is 0 Å². The van der Waals surface area contributed by atoms with Gasteiger partial charge < -0.3 is 14.4 Å². The van der Waals surface area contributed by atoms with Crippen LogP contribution in [0.3, 0.4) is 0 Å². The zero-order chi connectivity index (χ0) is 14.1. The van der Waals surface area contributed by atoms with E-state index in [1.807, 2.05) is 39.0 Å². The SMILES string of the molecule is CC([C@@H]1CCC(I)C(O)O1)N(C)[S+]([O-])C(C)(C)C. The van der Waals surface area contributed by atoms with Gasteiger partial charge >= 0.3 is 0 Å². The van der Waals surface area contributed by atoms with E-state index in [9.17, 15) is 9.66 Å². The minimum atomic E-state index is -1.06. The average Bonchev–Trinajstić information content (AvgIpc) is 2.28. The Labute approximate surface area is 127 Å². The largest absolute Gasteiger partial charge is 0.597 e. The highest BCUT2D eigenvalue weighted by Gasteiger charge is 2.39. The average molecular weight is 389 g/mol. The lowest BCUT2D eigenvalue weighted by atomic mass is 10.0. The van der Waals surface area contributed by atoms with E-state index in [2.05, 4.69) is 22.6 Å². The van der Waals surface area contributed by atoms with E-state index in [1.165, 1.54) is 0 Å². The molecule has 4 unspecified atom stereocenters. The van der Waals surface area contributed by atoms with Gasteiger partial charge in [-0.15, -0.1) is 4.31 Å². The molecule has 1 rings (SSSR count). The van der Waals surface area contributed by atoms with Crippen molar-refractivity contribution in [2.45, 2.75) is 67.6 Å². The summed E-state index contributed by atoms with van der Waals surface area (Å²) < 4.78 is 19.7. The number of aliphatic hydroxyl groups is 1. The summed E-state index contributed by atoms with van der Waals surface area (Å²) in [6, 6.07) is 0.0311. The van der Waals surface area contributed by atoms with Crippen molar-refractivity contribution >= 4 is 34.0 Å². The van der Waals surface area contributed by atoms with E-state index >= 15 is 0 Å². The maximum Gasteiger partial charge on any atom is 0.166 e. The summed E-state index contributed by atoms with van der Waals surface area (Å²) in [7, 11) is 1.86. The van der Waals surface area contributed by atoms with Gasteiger partial charge in [0, 0.05) is 18.4 Å². The molecule has 0 aliphatic carbocycles. The van der Waals surface area contributed by atoms with Crippen molar-refractivity contribution in [2.24, 2.45) is 0 Å². The van der Waals surface area contributed by atoms with Crippen LogP contribution < -0.4 is 0 Å². The number of aliphatic hydroxyl groups excluding tert-OH is 1. The number of ether oxygens (including phenoxy) is 1. The van der Waals surface area contributed by atoms with E-state index in [4.69, 9.17) is 4.74 Å². The molecule has 0 aromatic heterocycles. The molecule has 0 spiro atoms. The summed E-state index contributed by atoms with van der Waals surface area (Å²) >= 11 is 1.15. The molecule has 0 aromatic rings. The minimum absolute atomic E-state index is 0.0311. The van der Waals surface area contributed by atoms with E-state index < -0.39 is 17.7 Å². The van der Waals surface area contributed by atoms with Crippen LogP contribution in [0, 0.1) is 0 Å².